The second kappa shape index (κ2) is 20.2. The van der Waals surface area contributed by atoms with Gasteiger partial charge in [-0.15, -0.1) is 0 Å². The summed E-state index contributed by atoms with van der Waals surface area (Å²) in [7, 11) is 0. The molecule has 0 saturated carbocycles. The number of piperidine rings is 2. The number of hydrogen-bond acceptors (Lipinski definition) is 14. The van der Waals surface area contributed by atoms with Gasteiger partial charge in [-0.1, -0.05) is 27.0 Å². The predicted molar refractivity (Wildman–Crippen MR) is 268 cm³/mol. The SMILES string of the molecule is C.C.[2H]C1([2H])N(c2ccn(-c3cc(-c4c(F)cccc4C#N)nc4c3C(=O)N(C(=O)OC(C)(C)C)C4)n2)C([2H])([2H])C(C)(O)C([2H])([2H])C1([2H])[2H].[2H]C1([2H])N(c2ccn(-c3cc(-c4c(F)cccc4C#N)nc4c3C(=O)NC4)n2)C([2H])([2H])C(C)(O)C([2H])([2H])C1([2H])[2H]. The molecule has 4 aromatic heterocycles. The molecule has 3 amide bonds. The number of fused-ring (bicyclic) bond motifs is 2. The van der Waals surface area contributed by atoms with Gasteiger partial charge in [0.05, 0.1) is 109 Å². The Bertz CT molecular complexity index is 3930. The summed E-state index contributed by atoms with van der Waals surface area (Å²) < 4.78 is 171. The number of pyridine rings is 2. The number of ether oxygens (including phenoxy) is 1. The van der Waals surface area contributed by atoms with Gasteiger partial charge < -0.3 is 30.1 Å². The summed E-state index contributed by atoms with van der Waals surface area (Å²) in [6, 6.07) is 16.0. The highest BCUT2D eigenvalue weighted by atomic mass is 19.1. The van der Waals surface area contributed by atoms with Crippen molar-refractivity contribution in [2.45, 2.75) is 105 Å². The molecular formula is C53H58F2N12O6. The monoisotopic (exact) mass is 1010 g/mol. The molecule has 0 aliphatic carbocycles. The van der Waals surface area contributed by atoms with Crippen LogP contribution in [-0.2, 0) is 17.8 Å². The minimum absolute atomic E-state index is 0. The average Bonchev–Trinajstić information content (AvgIpc) is 1.56. The first-order chi connectivity index (χ1) is 39.8. The lowest BCUT2D eigenvalue weighted by molar-refractivity contribution is 0.0246. The lowest BCUT2D eigenvalue weighted by Gasteiger charge is -2.36. The van der Waals surface area contributed by atoms with E-state index in [2.05, 4.69) is 25.5 Å². The third-order valence-electron chi connectivity index (χ3n) is 10.7. The molecule has 4 aliphatic heterocycles. The van der Waals surface area contributed by atoms with Crippen LogP contribution in [0.15, 0.2) is 73.1 Å². The average molecular weight is 1010 g/mol. The number of benzene rings is 2. The minimum Gasteiger partial charge on any atom is -0.443 e. The van der Waals surface area contributed by atoms with E-state index >= 15 is 4.39 Å². The molecule has 18 nitrogen and oxygen atoms in total. The number of nitrogens with one attached hydrogen (secondary N) is 1. The lowest BCUT2D eigenvalue weighted by atomic mass is 9.95. The Morgan fingerprint density at radius 1 is 0.767 bits per heavy atom. The summed E-state index contributed by atoms with van der Waals surface area (Å²) in [5.74, 6) is -4.14. The fraction of sp³-hybridized carbons (Fsp3) is 0.377. The van der Waals surface area contributed by atoms with Crippen molar-refractivity contribution in [2.75, 3.05) is 35.8 Å². The third kappa shape index (κ3) is 10.6. The number of halogens is 2. The molecule has 73 heavy (non-hydrogen) atoms. The number of amides is 3. The Kier molecular flexibility index (Phi) is 9.72. The summed E-state index contributed by atoms with van der Waals surface area (Å²) in [6.45, 7) is -7.53. The zero-order chi connectivity index (χ0) is 64.9. The highest BCUT2D eigenvalue weighted by Gasteiger charge is 2.40. The van der Waals surface area contributed by atoms with Gasteiger partial charge in [0.25, 0.3) is 11.8 Å². The minimum atomic E-state index is -3.49. The number of aliphatic hydroxyl groups is 2. The Balaban J connectivity index is 0.000000251. The van der Waals surface area contributed by atoms with Gasteiger partial charge in [-0.3, -0.25) is 9.59 Å². The largest absolute Gasteiger partial charge is 0.443 e. The molecular weight excluding hydrogens is 939 g/mol. The number of anilines is 2. The molecule has 6 aromatic rings. The lowest BCUT2D eigenvalue weighted by Crippen LogP contribution is -2.46. The van der Waals surface area contributed by atoms with Crippen molar-refractivity contribution in [3.05, 3.63) is 118 Å². The molecule has 4 aliphatic rings. The van der Waals surface area contributed by atoms with E-state index in [9.17, 15) is 39.5 Å². The predicted octanol–water partition coefficient (Wildman–Crippen LogP) is 8.00. The molecule has 10 rings (SSSR count). The highest BCUT2D eigenvalue weighted by Crippen LogP contribution is 2.36. The van der Waals surface area contributed by atoms with E-state index in [1.165, 1.54) is 42.6 Å². The fourth-order valence-electron chi connectivity index (χ4n) is 7.66. The number of β-amino-alcohol motifs (C(OH)–C–C–N with tert-alkyl or cyclic N) is 2. The molecule has 8 heterocycles. The highest BCUT2D eigenvalue weighted by molar-refractivity contribution is 6.09. The number of carbonyl (C=O) groups is 3. The molecule has 0 bridgehead atoms. The van der Waals surface area contributed by atoms with Crippen molar-refractivity contribution in [1.82, 2.24) is 39.7 Å². The first kappa shape index (κ1) is 35.1. The van der Waals surface area contributed by atoms with E-state index in [1.807, 2.05) is 12.1 Å². The zero-order valence-corrected chi connectivity index (χ0v) is 38.0. The number of aromatic nitrogens is 6. The normalized spacial score (nSPS) is 27.8. The molecule has 2 fully saturated rings. The van der Waals surface area contributed by atoms with Gasteiger partial charge >= 0.3 is 6.09 Å². The smallest absolute Gasteiger partial charge is 0.417 e. The Labute approximate surface area is 444 Å². The van der Waals surface area contributed by atoms with Crippen LogP contribution in [0.1, 0.15) is 140 Å². The summed E-state index contributed by atoms with van der Waals surface area (Å²) in [4.78, 5) is 49.2. The van der Waals surface area contributed by atoms with E-state index < -0.39 is 116 Å². The molecule has 0 radical (unpaired) electrons. The maximum Gasteiger partial charge on any atom is 0.417 e. The topological polar surface area (TPSA) is 232 Å². The summed E-state index contributed by atoms with van der Waals surface area (Å²) >= 11 is 0. The Morgan fingerprint density at radius 2 is 1.25 bits per heavy atom. The van der Waals surface area contributed by atoms with Crippen LogP contribution in [0.3, 0.4) is 0 Å². The molecule has 2 saturated heterocycles. The fourth-order valence-corrected chi connectivity index (χ4v) is 7.66. The van der Waals surface area contributed by atoms with Crippen molar-refractivity contribution in [3.63, 3.8) is 0 Å². The number of hydrogen-bond donors (Lipinski definition) is 3. The number of nitrogens with zero attached hydrogens (tertiary/aromatic N) is 11. The van der Waals surface area contributed by atoms with E-state index in [-0.39, 0.29) is 98.7 Å². The molecule has 380 valence electrons. The molecule has 2 unspecified atom stereocenters. The summed E-state index contributed by atoms with van der Waals surface area (Å²) in [5, 5.41) is 52.1. The van der Waals surface area contributed by atoms with Crippen molar-refractivity contribution in [2.24, 2.45) is 0 Å². The number of carbonyl (C=O) groups excluding carboxylic acids is 3. The van der Waals surface area contributed by atoms with Gasteiger partial charge in [-0.05, 0) is 96.5 Å². The first-order valence-corrected chi connectivity index (χ1v) is 21.3. The van der Waals surface area contributed by atoms with E-state index in [0.717, 1.165) is 51.6 Å². The van der Waals surface area contributed by atoms with Crippen LogP contribution in [0.2, 0.25) is 0 Å². The van der Waals surface area contributed by atoms with Gasteiger partial charge in [0.2, 0.25) is 0 Å². The van der Waals surface area contributed by atoms with Crippen molar-refractivity contribution in [3.8, 4) is 46.0 Å². The van der Waals surface area contributed by atoms with Crippen molar-refractivity contribution >= 4 is 29.5 Å². The van der Waals surface area contributed by atoms with Crippen LogP contribution in [-0.4, -0.2) is 105 Å². The number of rotatable bonds is 6. The van der Waals surface area contributed by atoms with Gasteiger partial charge in [0.1, 0.15) is 17.2 Å². The van der Waals surface area contributed by atoms with E-state index in [4.69, 9.17) is 26.7 Å². The van der Waals surface area contributed by atoms with E-state index in [0.29, 0.717) is 6.92 Å². The number of nitriles is 2. The van der Waals surface area contributed by atoms with Gasteiger partial charge in [0, 0.05) is 67.0 Å². The van der Waals surface area contributed by atoms with Crippen LogP contribution in [0.25, 0.3) is 33.9 Å². The second-order valence-corrected chi connectivity index (χ2v) is 17.3. The van der Waals surface area contributed by atoms with Crippen LogP contribution >= 0.6 is 0 Å². The van der Waals surface area contributed by atoms with Crippen molar-refractivity contribution in [1.29, 1.82) is 10.5 Å². The van der Waals surface area contributed by atoms with Gasteiger partial charge in [0.15, 0.2) is 11.6 Å². The molecule has 20 heteroatoms. The summed E-state index contributed by atoms with van der Waals surface area (Å²) in [6.07, 6.45) is -12.4. The quantitative estimate of drug-likeness (QED) is 0.144. The first-order valence-electron chi connectivity index (χ1n) is 29.3. The van der Waals surface area contributed by atoms with Crippen LogP contribution < -0.4 is 15.1 Å². The maximum atomic E-state index is 15.2. The van der Waals surface area contributed by atoms with Crippen molar-refractivity contribution < 1.29 is 60.0 Å². The molecule has 3 N–H and O–H groups in total. The summed E-state index contributed by atoms with van der Waals surface area (Å²) in [5.41, 5.74) is -7.90. The standard InChI is InChI=1S/C28H29FN6O4.C23H21FN6O2.2CH4/c1-27(2,3)39-26(37)34-15-20-24(25(34)36)21(13-19(31-20)23-17(14-30)7-5-8-18(23)29)35-12-9-22(32-35)33-11-6-10-28(4,38)16-33;1-23(32)7-3-8-29(13-23)19-6-9-30(28-19)18-10-16(27-17-12-26-22(31)21(17)18)20-14(11-25)4-2-5-15(20)24;;/h5,7-9,12-13,38H,6,10-11,15-16H2,1-4H3;2,4-6,9-10,32H,3,7-8,12-13H2,1H3,(H,26,31);2*1H4/i6D2,10D2,11D2,16D2;3D2,7D2,8D2,13D2;;. The van der Waals surface area contributed by atoms with Crippen LogP contribution in [0, 0.1) is 34.3 Å². The Hall–Kier alpha value is -8.07. The third-order valence-corrected chi connectivity index (χ3v) is 10.7. The number of imide groups is 1. The van der Waals surface area contributed by atoms with Crippen LogP contribution in [0.4, 0.5) is 25.2 Å². The van der Waals surface area contributed by atoms with Crippen LogP contribution in [0.5, 0.6) is 0 Å². The Morgan fingerprint density at radius 3 is 1.73 bits per heavy atom. The molecule has 0 spiro atoms. The molecule has 2 atom stereocenters. The molecule has 2 aromatic carbocycles. The second-order valence-electron chi connectivity index (χ2n) is 17.3. The van der Waals surface area contributed by atoms with E-state index in [1.54, 1.807) is 20.8 Å². The maximum absolute atomic E-state index is 15.2. The van der Waals surface area contributed by atoms with Gasteiger partial charge in [-0.2, -0.15) is 20.7 Å². The zero-order valence-electron chi connectivity index (χ0n) is 54.0. The van der Waals surface area contributed by atoms with Gasteiger partial charge in [-0.25, -0.2) is 37.8 Å².